The number of aromatic nitrogens is 4. The molecule has 35 heavy (non-hydrogen) atoms. The van der Waals surface area contributed by atoms with Crippen LogP contribution in [0.15, 0.2) is 48.8 Å². The molecule has 8 nitrogen and oxygen atoms in total. The Morgan fingerprint density at radius 3 is 2.66 bits per heavy atom. The van der Waals surface area contributed by atoms with Gasteiger partial charge in [-0.05, 0) is 48.9 Å². The monoisotopic (exact) mass is 473 g/mol. The highest BCUT2D eigenvalue weighted by Gasteiger charge is 2.23. The van der Waals surface area contributed by atoms with Gasteiger partial charge in [-0.25, -0.2) is 9.37 Å². The molecule has 2 fully saturated rings. The third-order valence-electron chi connectivity index (χ3n) is 6.76. The first kappa shape index (κ1) is 21.9. The number of ether oxygens (including phenoxy) is 1. The van der Waals surface area contributed by atoms with Gasteiger partial charge in [0.25, 0.3) is 0 Å². The van der Waals surface area contributed by atoms with Crippen LogP contribution in [0.25, 0.3) is 33.4 Å². The first-order chi connectivity index (χ1) is 17.2. The van der Waals surface area contributed by atoms with E-state index in [2.05, 4.69) is 37.2 Å². The number of aromatic amines is 1. The number of hydrogen-bond acceptors (Lipinski definition) is 7. The van der Waals surface area contributed by atoms with Gasteiger partial charge in [-0.3, -0.25) is 10.1 Å². The lowest BCUT2D eigenvalue weighted by atomic mass is 9.99. The molecule has 0 saturated carbocycles. The smallest absolute Gasteiger partial charge is 0.133 e. The Balaban J connectivity index is 1.51. The van der Waals surface area contributed by atoms with Crippen molar-refractivity contribution in [1.82, 2.24) is 25.5 Å². The van der Waals surface area contributed by atoms with Gasteiger partial charge in [0.15, 0.2) is 0 Å². The lowest BCUT2D eigenvalue weighted by molar-refractivity contribution is 0.0529. The van der Waals surface area contributed by atoms with Crippen LogP contribution in [-0.2, 0) is 4.74 Å². The van der Waals surface area contributed by atoms with Crippen molar-refractivity contribution in [3.05, 3.63) is 54.6 Å². The van der Waals surface area contributed by atoms with E-state index < -0.39 is 0 Å². The summed E-state index contributed by atoms with van der Waals surface area (Å²) >= 11 is 0. The van der Waals surface area contributed by atoms with Crippen molar-refractivity contribution in [3.63, 3.8) is 0 Å². The number of piperazine rings is 1. The average Bonchev–Trinajstić information content (AvgIpc) is 3.43. The summed E-state index contributed by atoms with van der Waals surface area (Å²) in [6, 6.07) is 11.3. The molecular weight excluding hydrogens is 445 g/mol. The molecule has 0 bridgehead atoms. The van der Waals surface area contributed by atoms with Crippen molar-refractivity contribution in [2.45, 2.75) is 13.0 Å². The van der Waals surface area contributed by atoms with Crippen molar-refractivity contribution in [3.8, 4) is 22.5 Å². The Bertz CT molecular complexity index is 1340. The van der Waals surface area contributed by atoms with Gasteiger partial charge in [0.05, 0.1) is 18.4 Å². The van der Waals surface area contributed by atoms with Crippen LogP contribution in [0.5, 0.6) is 0 Å². The standard InChI is InChI=1S/C26H28FN7O/c1-17-16-34(12-13-35-17)24-15-21(19-3-2-18(14-22(19)27)33-10-8-28-9-11-33)20-4-6-29-26(25(20)31-24)23-5-7-30-32-23/h2-7,14-15,17,28H,8-13,16H2,1H3,(H,30,32). The quantitative estimate of drug-likeness (QED) is 0.470. The molecule has 0 radical (unpaired) electrons. The molecule has 0 amide bonds. The molecule has 6 rings (SSSR count). The fourth-order valence-electron chi connectivity index (χ4n) is 4.98. The van der Waals surface area contributed by atoms with E-state index in [4.69, 9.17) is 9.72 Å². The number of morpholine rings is 1. The molecule has 2 saturated heterocycles. The Morgan fingerprint density at radius 1 is 1.00 bits per heavy atom. The Morgan fingerprint density at radius 2 is 1.89 bits per heavy atom. The second-order valence-electron chi connectivity index (χ2n) is 9.08. The number of anilines is 2. The highest BCUT2D eigenvalue weighted by atomic mass is 19.1. The number of hydrogen-bond donors (Lipinski definition) is 2. The highest BCUT2D eigenvalue weighted by molar-refractivity contribution is 6.01. The van der Waals surface area contributed by atoms with Crippen LogP contribution in [0.4, 0.5) is 15.9 Å². The summed E-state index contributed by atoms with van der Waals surface area (Å²) in [6.45, 7) is 7.69. The second-order valence-corrected chi connectivity index (χ2v) is 9.08. The molecule has 2 aliphatic rings. The number of halogens is 1. The number of nitrogens with one attached hydrogen (secondary N) is 2. The van der Waals surface area contributed by atoms with E-state index in [0.29, 0.717) is 23.4 Å². The Labute approximate surface area is 203 Å². The zero-order chi connectivity index (χ0) is 23.8. The molecule has 180 valence electrons. The first-order valence-corrected chi connectivity index (χ1v) is 12.1. The van der Waals surface area contributed by atoms with Crippen LogP contribution in [0.2, 0.25) is 0 Å². The van der Waals surface area contributed by atoms with Gasteiger partial charge in [0, 0.05) is 68.3 Å². The summed E-state index contributed by atoms with van der Waals surface area (Å²) in [5, 5.41) is 11.3. The summed E-state index contributed by atoms with van der Waals surface area (Å²) in [4.78, 5) is 14.0. The fraction of sp³-hybridized carbons (Fsp3) is 0.346. The SMILES string of the molecule is CC1CN(c2cc(-c3ccc(N4CCNCC4)cc3F)c3ccnc(-c4ccn[nH]4)c3n2)CCO1. The van der Waals surface area contributed by atoms with Crippen LogP contribution in [0.3, 0.4) is 0 Å². The molecule has 1 atom stereocenters. The zero-order valence-electron chi connectivity index (χ0n) is 19.7. The van der Waals surface area contributed by atoms with Crippen LogP contribution in [-0.4, -0.2) is 72.1 Å². The molecule has 9 heteroatoms. The van der Waals surface area contributed by atoms with E-state index >= 15 is 4.39 Å². The molecule has 1 aromatic carbocycles. The molecule has 0 aliphatic carbocycles. The normalized spacial score (nSPS) is 18.9. The van der Waals surface area contributed by atoms with Crippen LogP contribution >= 0.6 is 0 Å². The molecule has 2 aliphatic heterocycles. The molecule has 4 aromatic rings. The Kier molecular flexibility index (Phi) is 5.79. The van der Waals surface area contributed by atoms with Crippen LogP contribution < -0.4 is 15.1 Å². The third-order valence-corrected chi connectivity index (χ3v) is 6.76. The predicted molar refractivity (Wildman–Crippen MR) is 135 cm³/mol. The number of fused-ring (bicyclic) bond motifs is 1. The average molecular weight is 474 g/mol. The van der Waals surface area contributed by atoms with Gasteiger partial charge in [0.1, 0.15) is 22.8 Å². The minimum Gasteiger partial charge on any atom is -0.375 e. The number of nitrogens with zero attached hydrogens (tertiary/aromatic N) is 5. The van der Waals surface area contributed by atoms with E-state index in [1.807, 2.05) is 30.3 Å². The first-order valence-electron chi connectivity index (χ1n) is 12.1. The molecule has 0 spiro atoms. The van der Waals surface area contributed by atoms with Crippen molar-refractivity contribution in [2.24, 2.45) is 0 Å². The number of H-pyrrole nitrogens is 1. The van der Waals surface area contributed by atoms with Gasteiger partial charge in [-0.2, -0.15) is 5.10 Å². The van der Waals surface area contributed by atoms with Gasteiger partial charge >= 0.3 is 0 Å². The topological polar surface area (TPSA) is 82.2 Å². The molecular formula is C26H28FN7O. The van der Waals surface area contributed by atoms with Crippen molar-refractivity contribution < 1.29 is 9.13 Å². The summed E-state index contributed by atoms with van der Waals surface area (Å²) in [5.41, 5.74) is 4.46. The molecule has 1 unspecified atom stereocenters. The van der Waals surface area contributed by atoms with Gasteiger partial charge in [-0.1, -0.05) is 0 Å². The third kappa shape index (κ3) is 4.21. The predicted octanol–water partition coefficient (Wildman–Crippen LogP) is 3.46. The number of benzene rings is 1. The van der Waals surface area contributed by atoms with Crippen LogP contribution in [0, 0.1) is 5.82 Å². The second kappa shape index (κ2) is 9.24. The molecule has 5 heterocycles. The maximum absolute atomic E-state index is 15.7. The summed E-state index contributed by atoms with van der Waals surface area (Å²) in [6.07, 6.45) is 3.53. The Hall–Kier alpha value is -3.56. The lowest BCUT2D eigenvalue weighted by Gasteiger charge is -2.32. The van der Waals surface area contributed by atoms with E-state index in [9.17, 15) is 0 Å². The number of pyridine rings is 2. The number of rotatable bonds is 4. The maximum Gasteiger partial charge on any atom is 0.133 e. The van der Waals surface area contributed by atoms with E-state index in [1.165, 1.54) is 0 Å². The van der Waals surface area contributed by atoms with E-state index in [-0.39, 0.29) is 11.9 Å². The van der Waals surface area contributed by atoms with Gasteiger partial charge in [0.2, 0.25) is 0 Å². The van der Waals surface area contributed by atoms with E-state index in [0.717, 1.165) is 67.4 Å². The minimum absolute atomic E-state index is 0.0979. The van der Waals surface area contributed by atoms with Gasteiger partial charge < -0.3 is 19.9 Å². The van der Waals surface area contributed by atoms with Crippen molar-refractivity contribution >= 4 is 22.4 Å². The highest BCUT2D eigenvalue weighted by Crippen LogP contribution is 2.37. The van der Waals surface area contributed by atoms with Gasteiger partial charge in [-0.15, -0.1) is 0 Å². The largest absolute Gasteiger partial charge is 0.375 e. The van der Waals surface area contributed by atoms with Crippen LogP contribution in [0.1, 0.15) is 6.92 Å². The summed E-state index contributed by atoms with van der Waals surface area (Å²) in [7, 11) is 0. The molecule has 2 N–H and O–H groups in total. The van der Waals surface area contributed by atoms with Crippen molar-refractivity contribution in [1.29, 1.82) is 0 Å². The minimum atomic E-state index is -0.241. The van der Waals surface area contributed by atoms with Crippen molar-refractivity contribution in [2.75, 3.05) is 55.7 Å². The molecule has 3 aromatic heterocycles. The summed E-state index contributed by atoms with van der Waals surface area (Å²) < 4.78 is 21.4. The maximum atomic E-state index is 15.7. The lowest BCUT2D eigenvalue weighted by Crippen LogP contribution is -2.43. The fourth-order valence-corrected chi connectivity index (χ4v) is 4.98. The van der Waals surface area contributed by atoms with E-state index in [1.54, 1.807) is 18.5 Å². The summed E-state index contributed by atoms with van der Waals surface area (Å²) in [5.74, 6) is 0.553. The zero-order valence-corrected chi connectivity index (χ0v) is 19.7.